The fourth-order valence-corrected chi connectivity index (χ4v) is 5.50. The van der Waals surface area contributed by atoms with Crippen LogP contribution in [0.15, 0.2) is 24.3 Å². The van der Waals surface area contributed by atoms with Gasteiger partial charge in [0, 0.05) is 25.9 Å². The van der Waals surface area contributed by atoms with Gasteiger partial charge in [-0.15, -0.1) is 0 Å². The lowest BCUT2D eigenvalue weighted by molar-refractivity contribution is -0.910. The highest BCUT2D eigenvalue weighted by atomic mass is 16.5. The van der Waals surface area contributed by atoms with Gasteiger partial charge in [0.05, 0.1) is 19.7 Å². The molecule has 32 heavy (non-hydrogen) atoms. The Bertz CT molecular complexity index is 774. The van der Waals surface area contributed by atoms with Crippen LogP contribution in [0.5, 0.6) is 5.75 Å². The van der Waals surface area contributed by atoms with Gasteiger partial charge in [-0.05, 0) is 69.7 Å². The average Bonchev–Trinajstić information content (AvgIpc) is 2.70. The Morgan fingerprint density at radius 2 is 1.75 bits per heavy atom. The van der Waals surface area contributed by atoms with Crippen LogP contribution in [0.3, 0.4) is 0 Å². The van der Waals surface area contributed by atoms with Crippen LogP contribution < -0.4 is 4.74 Å². The summed E-state index contributed by atoms with van der Waals surface area (Å²) in [6, 6.07) is 7.71. The van der Waals surface area contributed by atoms with E-state index in [1.807, 2.05) is 45.0 Å². The van der Waals surface area contributed by atoms with Crippen molar-refractivity contribution in [3.05, 3.63) is 29.8 Å². The van der Waals surface area contributed by atoms with Crippen LogP contribution >= 0.6 is 0 Å². The van der Waals surface area contributed by atoms with Crippen LogP contribution in [-0.4, -0.2) is 70.6 Å². The number of benzene rings is 1. The first-order valence-corrected chi connectivity index (χ1v) is 12.2. The lowest BCUT2D eigenvalue weighted by atomic mass is 9.81. The zero-order valence-corrected chi connectivity index (χ0v) is 20.7. The summed E-state index contributed by atoms with van der Waals surface area (Å²) in [5.41, 5.74) is -0.126. The van der Waals surface area contributed by atoms with Crippen molar-refractivity contribution in [1.29, 1.82) is 0 Å². The fourth-order valence-electron chi connectivity index (χ4n) is 5.50. The van der Waals surface area contributed by atoms with E-state index in [2.05, 4.69) is 18.7 Å². The standard InChI is InChI=1S/C26H42N2O4/c1-24(2,3)28(23(29)30)17-13-26(31,14-18-28)21-8-10-22(11-9-21)32-19-7-16-27-15-6-12-25(4,5)20-27/h8-11,31H,6-7,12-20H2,1-5H3/p+1. The number of rotatable bonds is 6. The van der Waals surface area contributed by atoms with E-state index in [1.165, 1.54) is 19.4 Å². The molecule has 0 bridgehead atoms. The number of carboxylic acid groups (broad SMARTS) is 1. The molecule has 1 aromatic rings. The fraction of sp³-hybridized carbons (Fsp3) is 0.731. The zero-order valence-electron chi connectivity index (χ0n) is 20.7. The molecule has 1 aromatic carbocycles. The number of amides is 1. The Balaban J connectivity index is 1.50. The minimum atomic E-state index is -0.984. The van der Waals surface area contributed by atoms with E-state index in [9.17, 15) is 15.0 Å². The second kappa shape index (κ2) is 9.32. The Labute approximate surface area is 193 Å². The molecule has 0 unspecified atom stereocenters. The first-order valence-electron chi connectivity index (χ1n) is 12.2. The third-order valence-corrected chi connectivity index (χ3v) is 7.72. The molecule has 0 aromatic heterocycles. The molecule has 2 fully saturated rings. The molecule has 0 spiro atoms. The highest BCUT2D eigenvalue weighted by molar-refractivity contribution is 5.57. The maximum absolute atomic E-state index is 12.0. The SMILES string of the molecule is CC1(C)CCCN(CCCOc2ccc(C3(O)CC[N+](C(=O)O)(C(C)(C)C)CC3)cc2)C1. The van der Waals surface area contributed by atoms with Crippen LogP contribution in [0.2, 0.25) is 0 Å². The number of ether oxygens (including phenoxy) is 1. The normalized spacial score (nSPS) is 28.9. The molecule has 2 saturated heterocycles. The molecule has 0 saturated carbocycles. The van der Waals surface area contributed by atoms with Crippen molar-refractivity contribution in [2.45, 2.75) is 77.9 Å². The number of aliphatic hydroxyl groups is 1. The number of quaternary nitrogens is 1. The van der Waals surface area contributed by atoms with E-state index in [0.29, 0.717) is 38.0 Å². The van der Waals surface area contributed by atoms with Gasteiger partial charge in [-0.1, -0.05) is 26.0 Å². The maximum atomic E-state index is 12.0. The van der Waals surface area contributed by atoms with Crippen molar-refractivity contribution in [2.75, 3.05) is 39.3 Å². The van der Waals surface area contributed by atoms with Crippen LogP contribution in [-0.2, 0) is 5.60 Å². The van der Waals surface area contributed by atoms with E-state index >= 15 is 0 Å². The number of hydrogen-bond donors (Lipinski definition) is 2. The van der Waals surface area contributed by atoms with Gasteiger partial charge in [0.15, 0.2) is 0 Å². The van der Waals surface area contributed by atoms with Gasteiger partial charge in [0.25, 0.3) is 0 Å². The molecule has 1 amide bonds. The molecule has 6 heteroatoms. The molecule has 6 nitrogen and oxygen atoms in total. The molecule has 0 aliphatic carbocycles. The smallest absolute Gasteiger partial charge is 0.494 e. The topological polar surface area (TPSA) is 70.0 Å². The summed E-state index contributed by atoms with van der Waals surface area (Å²) >= 11 is 0. The average molecular weight is 448 g/mol. The second-order valence-corrected chi connectivity index (χ2v) is 11.7. The van der Waals surface area contributed by atoms with E-state index in [-0.39, 0.29) is 4.48 Å². The van der Waals surface area contributed by atoms with Crippen molar-refractivity contribution in [1.82, 2.24) is 4.90 Å². The first kappa shape index (κ1) is 25.0. The number of carbonyl (C=O) groups is 1. The second-order valence-electron chi connectivity index (χ2n) is 11.7. The molecule has 2 aliphatic rings. The monoisotopic (exact) mass is 447 g/mol. The zero-order chi connectivity index (χ0) is 23.6. The summed E-state index contributed by atoms with van der Waals surface area (Å²) in [6.07, 6.45) is 3.65. The first-order chi connectivity index (χ1) is 14.9. The number of piperidine rings is 2. The van der Waals surface area contributed by atoms with Crippen molar-refractivity contribution < 1.29 is 24.2 Å². The quantitative estimate of drug-likeness (QED) is 0.482. The lowest BCUT2D eigenvalue weighted by Crippen LogP contribution is -2.67. The Morgan fingerprint density at radius 3 is 2.28 bits per heavy atom. The molecule has 2 aliphatic heterocycles. The minimum absolute atomic E-state index is 0.00922. The molecule has 0 radical (unpaired) electrons. The van der Waals surface area contributed by atoms with Gasteiger partial charge in [0.2, 0.25) is 0 Å². The van der Waals surface area contributed by atoms with Crippen molar-refractivity contribution >= 4 is 6.09 Å². The van der Waals surface area contributed by atoms with Gasteiger partial charge in [-0.3, -0.25) is 0 Å². The van der Waals surface area contributed by atoms with Gasteiger partial charge < -0.3 is 19.8 Å². The van der Waals surface area contributed by atoms with E-state index in [1.54, 1.807) is 0 Å². The summed E-state index contributed by atoms with van der Waals surface area (Å²) in [5, 5.41) is 21.1. The van der Waals surface area contributed by atoms with Gasteiger partial charge in [0.1, 0.15) is 16.9 Å². The lowest BCUT2D eigenvalue weighted by Gasteiger charge is -2.49. The van der Waals surface area contributed by atoms with Crippen molar-refractivity contribution in [3.8, 4) is 5.75 Å². The third kappa shape index (κ3) is 5.46. The van der Waals surface area contributed by atoms with Crippen LogP contribution in [0.4, 0.5) is 4.79 Å². The molecule has 2 N–H and O–H groups in total. The predicted octanol–water partition coefficient (Wildman–Crippen LogP) is 4.85. The summed E-state index contributed by atoms with van der Waals surface area (Å²) in [6.45, 7) is 15.5. The number of hydrogen-bond acceptors (Lipinski definition) is 4. The van der Waals surface area contributed by atoms with E-state index in [0.717, 1.165) is 30.8 Å². The third-order valence-electron chi connectivity index (χ3n) is 7.72. The Kier molecular flexibility index (Phi) is 7.28. The number of nitrogens with zero attached hydrogens (tertiary/aromatic N) is 2. The van der Waals surface area contributed by atoms with Crippen molar-refractivity contribution in [2.24, 2.45) is 5.41 Å². The van der Waals surface area contributed by atoms with Gasteiger partial charge in [-0.2, -0.15) is 4.79 Å². The van der Waals surface area contributed by atoms with Crippen molar-refractivity contribution in [3.63, 3.8) is 0 Å². The Hall–Kier alpha value is -1.63. The minimum Gasteiger partial charge on any atom is -0.494 e. The highest BCUT2D eigenvalue weighted by Crippen LogP contribution is 2.40. The molecule has 0 atom stereocenters. The van der Waals surface area contributed by atoms with Crippen LogP contribution in [0.1, 0.15) is 72.3 Å². The molecule has 180 valence electrons. The molecular weight excluding hydrogens is 404 g/mol. The molecule has 2 heterocycles. The van der Waals surface area contributed by atoms with Crippen LogP contribution in [0.25, 0.3) is 0 Å². The summed E-state index contributed by atoms with van der Waals surface area (Å²) in [7, 11) is 0. The molecular formula is C26H43N2O4+. The summed E-state index contributed by atoms with van der Waals surface area (Å²) < 4.78 is 5.94. The number of likely N-dealkylation sites (tertiary alicyclic amines) is 2. The predicted molar refractivity (Wildman–Crippen MR) is 127 cm³/mol. The largest absolute Gasteiger partial charge is 0.513 e. The highest BCUT2D eigenvalue weighted by Gasteiger charge is 2.53. The van der Waals surface area contributed by atoms with Crippen LogP contribution in [0, 0.1) is 5.41 Å². The maximum Gasteiger partial charge on any atom is 0.513 e. The Morgan fingerprint density at radius 1 is 1.12 bits per heavy atom. The van der Waals surface area contributed by atoms with Gasteiger partial charge in [-0.25, -0.2) is 4.48 Å². The van der Waals surface area contributed by atoms with Gasteiger partial charge >= 0.3 is 6.09 Å². The summed E-state index contributed by atoms with van der Waals surface area (Å²) in [5.74, 6) is 0.817. The molecule has 3 rings (SSSR count). The summed E-state index contributed by atoms with van der Waals surface area (Å²) in [4.78, 5) is 14.6. The van der Waals surface area contributed by atoms with E-state index in [4.69, 9.17) is 4.74 Å². The van der Waals surface area contributed by atoms with E-state index < -0.39 is 17.2 Å².